The molecule has 0 aliphatic rings. The van der Waals surface area contributed by atoms with Crippen LogP contribution in [0.15, 0.2) is 42.7 Å². The van der Waals surface area contributed by atoms with Crippen molar-refractivity contribution in [3.05, 3.63) is 59.0 Å². The van der Waals surface area contributed by atoms with E-state index in [0.717, 1.165) is 23.1 Å². The molecule has 2 heterocycles. The van der Waals surface area contributed by atoms with Gasteiger partial charge in [-0.1, -0.05) is 29.8 Å². The number of aromatic nitrogens is 3. The lowest BCUT2D eigenvalue weighted by atomic mass is 10.0. The highest BCUT2D eigenvalue weighted by molar-refractivity contribution is 6.31. The molecule has 1 N–H and O–H groups in total. The van der Waals surface area contributed by atoms with Crippen LogP contribution in [0.4, 0.5) is 0 Å². The van der Waals surface area contributed by atoms with Gasteiger partial charge in [0.1, 0.15) is 0 Å². The number of hydrogen-bond donors (Lipinski definition) is 1. The Labute approximate surface area is 128 Å². The molecule has 0 bridgehead atoms. The Morgan fingerprint density at radius 3 is 2.86 bits per heavy atom. The summed E-state index contributed by atoms with van der Waals surface area (Å²) in [6.07, 6.45) is 2.91. The van der Waals surface area contributed by atoms with E-state index in [2.05, 4.69) is 17.0 Å². The average molecular weight is 302 g/mol. The Morgan fingerprint density at radius 2 is 2.10 bits per heavy atom. The fraction of sp³-hybridized carbons (Fsp3) is 0.250. The zero-order valence-electron chi connectivity index (χ0n) is 11.7. The highest BCUT2D eigenvalue weighted by Gasteiger charge is 2.17. The highest BCUT2D eigenvalue weighted by Crippen LogP contribution is 2.27. The van der Waals surface area contributed by atoms with Crippen LogP contribution in [-0.4, -0.2) is 19.9 Å². The van der Waals surface area contributed by atoms with Crippen molar-refractivity contribution >= 4 is 22.5 Å². The van der Waals surface area contributed by atoms with E-state index in [-0.39, 0.29) is 0 Å². The van der Waals surface area contributed by atoms with Crippen molar-refractivity contribution in [2.24, 2.45) is 0 Å². The van der Waals surface area contributed by atoms with Crippen molar-refractivity contribution in [3.8, 4) is 0 Å². The summed E-state index contributed by atoms with van der Waals surface area (Å²) in [6, 6.07) is 9.80. The molecule has 3 aromatic rings. The van der Waals surface area contributed by atoms with Gasteiger partial charge in [0.2, 0.25) is 0 Å². The molecule has 5 heteroatoms. The van der Waals surface area contributed by atoms with Crippen LogP contribution in [0.3, 0.4) is 0 Å². The lowest BCUT2D eigenvalue weighted by molar-refractivity contribution is 0.177. The van der Waals surface area contributed by atoms with Crippen molar-refractivity contribution in [2.75, 3.05) is 0 Å². The van der Waals surface area contributed by atoms with Crippen LogP contribution >= 0.6 is 11.6 Å². The van der Waals surface area contributed by atoms with Crippen molar-refractivity contribution < 1.29 is 5.11 Å². The maximum atomic E-state index is 10.4. The molecule has 0 amide bonds. The van der Waals surface area contributed by atoms with Gasteiger partial charge < -0.3 is 5.11 Å². The predicted molar refractivity (Wildman–Crippen MR) is 83.3 cm³/mol. The van der Waals surface area contributed by atoms with Gasteiger partial charge in [-0.25, -0.2) is 0 Å². The number of fused-ring (bicyclic) bond motifs is 1. The molecule has 21 heavy (non-hydrogen) atoms. The molecule has 0 spiro atoms. The number of rotatable bonds is 4. The second-order valence-electron chi connectivity index (χ2n) is 4.90. The maximum Gasteiger partial charge on any atom is 0.0861 e. The minimum atomic E-state index is -0.691. The minimum Gasteiger partial charge on any atom is -0.388 e. The third kappa shape index (κ3) is 2.64. The fourth-order valence-corrected chi connectivity index (χ4v) is 2.78. The number of hydrogen-bond acceptors (Lipinski definition) is 3. The summed E-state index contributed by atoms with van der Waals surface area (Å²) in [5.41, 5.74) is 2.65. The Bertz CT molecular complexity index is 769. The number of aryl methyl sites for hydroxylation is 1. The maximum absolute atomic E-state index is 10.4. The van der Waals surface area contributed by atoms with Gasteiger partial charge in [0.15, 0.2) is 0 Å². The first-order valence-corrected chi connectivity index (χ1v) is 7.30. The number of para-hydroxylation sites is 1. The molecule has 0 aliphatic heterocycles. The summed E-state index contributed by atoms with van der Waals surface area (Å²) < 4.78 is 1.95. The number of pyridine rings is 1. The number of nitrogens with zero attached hydrogens (tertiary/aromatic N) is 3. The van der Waals surface area contributed by atoms with E-state index in [1.54, 1.807) is 18.5 Å². The quantitative estimate of drug-likeness (QED) is 0.803. The molecule has 0 saturated heterocycles. The monoisotopic (exact) mass is 301 g/mol. The number of benzene rings is 1. The smallest absolute Gasteiger partial charge is 0.0861 e. The van der Waals surface area contributed by atoms with Gasteiger partial charge in [0.25, 0.3) is 0 Å². The largest absolute Gasteiger partial charge is 0.388 e. The molecule has 0 saturated carbocycles. The minimum absolute atomic E-state index is 0.428. The molecule has 1 aromatic carbocycles. The van der Waals surface area contributed by atoms with Gasteiger partial charge >= 0.3 is 0 Å². The normalized spacial score (nSPS) is 12.7. The lowest BCUT2D eigenvalue weighted by Crippen LogP contribution is -2.04. The molecule has 0 fully saturated rings. The molecule has 108 valence electrons. The van der Waals surface area contributed by atoms with E-state index in [1.807, 2.05) is 28.9 Å². The van der Waals surface area contributed by atoms with Gasteiger partial charge in [-0.05, 0) is 19.1 Å². The fourth-order valence-electron chi connectivity index (χ4n) is 2.54. The SMILES string of the molecule is CCn1nc(CC(O)c2ccncc2Cl)c2ccccc21. The molecule has 0 radical (unpaired) electrons. The Balaban J connectivity index is 1.97. The standard InChI is InChI=1S/C16H16ClN3O/c1-2-20-15-6-4-3-5-12(15)14(19-20)9-16(21)11-7-8-18-10-13(11)17/h3-8,10,16,21H,2,9H2,1H3. The third-order valence-electron chi connectivity index (χ3n) is 3.58. The first-order chi connectivity index (χ1) is 10.2. The summed E-state index contributed by atoms with van der Waals surface area (Å²) >= 11 is 6.09. The van der Waals surface area contributed by atoms with E-state index in [1.165, 1.54) is 0 Å². The molecule has 2 aromatic heterocycles. The van der Waals surface area contributed by atoms with E-state index >= 15 is 0 Å². The predicted octanol–water partition coefficient (Wildman–Crippen LogP) is 3.38. The zero-order chi connectivity index (χ0) is 14.8. The van der Waals surface area contributed by atoms with Crippen LogP contribution in [0.25, 0.3) is 10.9 Å². The van der Waals surface area contributed by atoms with E-state index in [9.17, 15) is 5.11 Å². The van der Waals surface area contributed by atoms with E-state index in [0.29, 0.717) is 17.0 Å². The molecule has 0 aliphatic carbocycles. The van der Waals surface area contributed by atoms with Gasteiger partial charge in [-0.15, -0.1) is 0 Å². The Hall–Kier alpha value is -1.91. The molecule has 1 unspecified atom stereocenters. The Morgan fingerprint density at radius 1 is 1.29 bits per heavy atom. The molecular formula is C16H16ClN3O. The zero-order valence-corrected chi connectivity index (χ0v) is 12.5. The number of aliphatic hydroxyl groups excluding tert-OH is 1. The van der Waals surface area contributed by atoms with Crippen LogP contribution in [0.2, 0.25) is 5.02 Å². The van der Waals surface area contributed by atoms with Crippen LogP contribution in [0, 0.1) is 0 Å². The van der Waals surface area contributed by atoms with E-state index in [4.69, 9.17) is 11.6 Å². The van der Waals surface area contributed by atoms with Crippen molar-refractivity contribution in [3.63, 3.8) is 0 Å². The number of aliphatic hydroxyl groups is 1. The van der Waals surface area contributed by atoms with Gasteiger partial charge in [0, 0.05) is 36.3 Å². The van der Waals surface area contributed by atoms with Crippen LogP contribution in [0.5, 0.6) is 0 Å². The van der Waals surface area contributed by atoms with Gasteiger partial charge in [0.05, 0.1) is 22.3 Å². The van der Waals surface area contributed by atoms with E-state index < -0.39 is 6.10 Å². The second-order valence-corrected chi connectivity index (χ2v) is 5.30. The Kier molecular flexibility index (Phi) is 3.90. The van der Waals surface area contributed by atoms with Crippen LogP contribution in [0.1, 0.15) is 24.3 Å². The summed E-state index contributed by atoms with van der Waals surface area (Å²) in [5.74, 6) is 0. The lowest BCUT2D eigenvalue weighted by Gasteiger charge is -2.10. The summed E-state index contributed by atoms with van der Waals surface area (Å²) in [7, 11) is 0. The first kappa shape index (κ1) is 14.0. The van der Waals surface area contributed by atoms with Crippen molar-refractivity contribution in [1.82, 2.24) is 14.8 Å². The summed E-state index contributed by atoms with van der Waals surface area (Å²) in [5, 5.41) is 16.6. The third-order valence-corrected chi connectivity index (χ3v) is 3.90. The molecule has 4 nitrogen and oxygen atoms in total. The topological polar surface area (TPSA) is 50.9 Å². The molecular weight excluding hydrogens is 286 g/mol. The summed E-state index contributed by atoms with van der Waals surface area (Å²) in [4.78, 5) is 3.94. The van der Waals surface area contributed by atoms with Crippen LogP contribution in [-0.2, 0) is 13.0 Å². The number of halogens is 1. The van der Waals surface area contributed by atoms with Crippen molar-refractivity contribution in [2.45, 2.75) is 26.0 Å². The highest BCUT2D eigenvalue weighted by atomic mass is 35.5. The first-order valence-electron chi connectivity index (χ1n) is 6.92. The van der Waals surface area contributed by atoms with Gasteiger partial charge in [-0.3, -0.25) is 9.67 Å². The summed E-state index contributed by atoms with van der Waals surface area (Å²) in [6.45, 7) is 2.85. The van der Waals surface area contributed by atoms with Gasteiger partial charge in [-0.2, -0.15) is 5.10 Å². The molecule has 3 rings (SSSR count). The molecule has 1 atom stereocenters. The van der Waals surface area contributed by atoms with Crippen molar-refractivity contribution in [1.29, 1.82) is 0 Å². The second kappa shape index (κ2) is 5.84. The van der Waals surface area contributed by atoms with Crippen LogP contribution < -0.4 is 0 Å². The average Bonchev–Trinajstić information content (AvgIpc) is 2.86.